The van der Waals surface area contributed by atoms with E-state index in [1.54, 1.807) is 0 Å². The van der Waals surface area contributed by atoms with Crippen LogP contribution in [0.3, 0.4) is 0 Å². The Kier molecular flexibility index (Phi) is 5.98. The van der Waals surface area contributed by atoms with Crippen molar-refractivity contribution >= 4 is 0 Å². The molecule has 0 aliphatic carbocycles. The molecule has 1 fully saturated rings. The molecular weight excluding hydrogens is 298 g/mol. The quantitative estimate of drug-likeness (QED) is 0.880. The average molecular weight is 334 g/mol. The minimum Gasteiger partial charge on any atom is -0.491 e. The van der Waals surface area contributed by atoms with E-state index in [0.717, 1.165) is 18.8 Å². The van der Waals surface area contributed by atoms with Gasteiger partial charge in [-0.3, -0.25) is 0 Å². The molecule has 1 aliphatic rings. The van der Waals surface area contributed by atoms with Gasteiger partial charge in [-0.1, -0.05) is 53.7 Å². The summed E-state index contributed by atoms with van der Waals surface area (Å²) in [5, 5.41) is 10.3. The number of benzene rings is 1. The van der Waals surface area contributed by atoms with Crippen LogP contribution < -0.4 is 4.74 Å². The highest BCUT2D eigenvalue weighted by atomic mass is 16.5. The Morgan fingerprint density at radius 1 is 1.04 bits per heavy atom. The summed E-state index contributed by atoms with van der Waals surface area (Å²) >= 11 is 0. The first kappa shape index (κ1) is 19.3. The largest absolute Gasteiger partial charge is 0.491 e. The van der Waals surface area contributed by atoms with Gasteiger partial charge in [0.1, 0.15) is 18.5 Å². The van der Waals surface area contributed by atoms with E-state index in [1.807, 2.05) is 0 Å². The van der Waals surface area contributed by atoms with E-state index >= 15 is 0 Å². The molecule has 0 saturated carbocycles. The second-order valence-corrected chi connectivity index (χ2v) is 9.18. The number of nitrogens with zero attached hydrogens (tertiary/aromatic N) is 1. The van der Waals surface area contributed by atoms with Gasteiger partial charge in [-0.25, -0.2) is 0 Å². The molecule has 136 valence electrons. The van der Waals surface area contributed by atoms with Crippen LogP contribution in [0.25, 0.3) is 0 Å². The van der Waals surface area contributed by atoms with Gasteiger partial charge in [0, 0.05) is 6.54 Å². The van der Waals surface area contributed by atoms with Crippen molar-refractivity contribution in [3.63, 3.8) is 0 Å². The van der Waals surface area contributed by atoms with E-state index in [0.29, 0.717) is 13.2 Å². The van der Waals surface area contributed by atoms with Gasteiger partial charge in [-0.15, -0.1) is 0 Å². The zero-order valence-corrected chi connectivity index (χ0v) is 16.4. The van der Waals surface area contributed by atoms with Crippen LogP contribution in [-0.4, -0.2) is 42.4 Å². The van der Waals surface area contributed by atoms with Crippen molar-refractivity contribution in [2.45, 2.75) is 71.3 Å². The molecule has 24 heavy (non-hydrogen) atoms. The van der Waals surface area contributed by atoms with Gasteiger partial charge < -0.3 is 14.7 Å². The van der Waals surface area contributed by atoms with E-state index in [4.69, 9.17) is 4.74 Å². The number of hydrogen-bond acceptors (Lipinski definition) is 3. The number of ether oxygens (including phenoxy) is 1. The van der Waals surface area contributed by atoms with Crippen molar-refractivity contribution in [1.82, 2.24) is 4.90 Å². The molecule has 1 heterocycles. The Bertz CT molecular complexity index is 534. The van der Waals surface area contributed by atoms with Crippen LogP contribution in [0, 0.1) is 0 Å². The molecule has 0 bridgehead atoms. The highest BCUT2D eigenvalue weighted by molar-refractivity contribution is 5.43. The summed E-state index contributed by atoms with van der Waals surface area (Å²) in [5.74, 6) is 0.899. The third-order valence-electron chi connectivity index (χ3n) is 4.75. The number of likely N-dealkylation sites (tertiary alicyclic amines) is 1. The van der Waals surface area contributed by atoms with Gasteiger partial charge in [0.05, 0.1) is 0 Å². The first-order chi connectivity index (χ1) is 11.1. The molecule has 1 N–H and O–H groups in total. The first-order valence-corrected chi connectivity index (χ1v) is 9.25. The maximum atomic E-state index is 10.3. The highest BCUT2D eigenvalue weighted by Gasteiger charge is 2.24. The predicted octanol–water partition coefficient (Wildman–Crippen LogP) is 4.12. The molecule has 1 aromatic rings. The fourth-order valence-electron chi connectivity index (χ4n) is 3.21. The van der Waals surface area contributed by atoms with Crippen molar-refractivity contribution in [3.05, 3.63) is 29.3 Å². The molecular formula is C21H35NO2. The fraction of sp³-hybridized carbons (Fsp3) is 0.714. The van der Waals surface area contributed by atoms with Crippen LogP contribution in [0.4, 0.5) is 0 Å². The van der Waals surface area contributed by atoms with Crippen molar-refractivity contribution in [2.75, 3.05) is 26.2 Å². The molecule has 3 nitrogen and oxygen atoms in total. The molecule has 2 rings (SSSR count). The molecule has 1 unspecified atom stereocenters. The summed E-state index contributed by atoms with van der Waals surface area (Å²) in [4.78, 5) is 2.32. The third-order valence-corrected chi connectivity index (χ3v) is 4.75. The minimum atomic E-state index is -0.432. The number of aliphatic hydroxyl groups is 1. The zero-order valence-electron chi connectivity index (χ0n) is 16.4. The summed E-state index contributed by atoms with van der Waals surface area (Å²) in [5.41, 5.74) is 2.66. The lowest BCUT2D eigenvalue weighted by molar-refractivity contribution is 0.0750. The number of hydrogen-bond donors (Lipinski definition) is 1. The molecule has 0 amide bonds. The van der Waals surface area contributed by atoms with Crippen molar-refractivity contribution in [2.24, 2.45) is 0 Å². The summed E-state index contributed by atoms with van der Waals surface area (Å²) in [6.07, 6.45) is 2.06. The highest BCUT2D eigenvalue weighted by Crippen LogP contribution is 2.35. The lowest BCUT2D eigenvalue weighted by Crippen LogP contribution is -2.34. The summed E-state index contributed by atoms with van der Waals surface area (Å²) in [6.45, 7) is 16.6. The van der Waals surface area contributed by atoms with Gasteiger partial charge in [-0.2, -0.15) is 0 Å². The molecule has 0 radical (unpaired) electrons. The van der Waals surface area contributed by atoms with Crippen LogP contribution in [0.5, 0.6) is 5.75 Å². The van der Waals surface area contributed by atoms with Gasteiger partial charge in [0.2, 0.25) is 0 Å². The molecule has 1 aromatic carbocycles. The average Bonchev–Trinajstić information content (AvgIpc) is 2.95. The topological polar surface area (TPSA) is 32.7 Å². The molecule has 0 aromatic heterocycles. The lowest BCUT2D eigenvalue weighted by atomic mass is 9.80. The number of rotatable bonds is 5. The summed E-state index contributed by atoms with van der Waals surface area (Å²) < 4.78 is 6.03. The molecule has 0 spiro atoms. The van der Waals surface area contributed by atoms with Gasteiger partial charge in [0.25, 0.3) is 0 Å². The van der Waals surface area contributed by atoms with Crippen molar-refractivity contribution in [3.8, 4) is 5.75 Å². The van der Waals surface area contributed by atoms with Crippen molar-refractivity contribution in [1.29, 1.82) is 0 Å². The van der Waals surface area contributed by atoms with E-state index in [-0.39, 0.29) is 10.8 Å². The van der Waals surface area contributed by atoms with Crippen LogP contribution in [0.15, 0.2) is 18.2 Å². The van der Waals surface area contributed by atoms with E-state index < -0.39 is 6.10 Å². The molecule has 1 aliphatic heterocycles. The fourth-order valence-corrected chi connectivity index (χ4v) is 3.21. The number of β-amino-alcohol motifs (C(OH)–C–C–N with tert-alkyl or cyclic N) is 1. The zero-order chi connectivity index (χ0) is 18.0. The third kappa shape index (κ3) is 5.22. The SMILES string of the molecule is CC(C)(C)c1ccc(OCC(O)CN2CCCC2)c(C(C)(C)C)c1. The smallest absolute Gasteiger partial charge is 0.123 e. The van der Waals surface area contributed by atoms with Crippen LogP contribution in [-0.2, 0) is 10.8 Å². The van der Waals surface area contributed by atoms with Gasteiger partial charge in [0.15, 0.2) is 0 Å². The maximum absolute atomic E-state index is 10.3. The first-order valence-electron chi connectivity index (χ1n) is 9.25. The Morgan fingerprint density at radius 2 is 1.67 bits per heavy atom. The molecule has 3 heteroatoms. The predicted molar refractivity (Wildman–Crippen MR) is 101 cm³/mol. The number of aliphatic hydroxyl groups excluding tert-OH is 1. The van der Waals surface area contributed by atoms with Gasteiger partial charge >= 0.3 is 0 Å². The maximum Gasteiger partial charge on any atom is 0.123 e. The minimum absolute atomic E-state index is 0.0104. The van der Waals surface area contributed by atoms with Crippen LogP contribution >= 0.6 is 0 Å². The normalized spacial score (nSPS) is 18.0. The van der Waals surface area contributed by atoms with E-state index in [2.05, 4.69) is 64.6 Å². The molecule has 1 saturated heterocycles. The summed E-state index contributed by atoms with van der Waals surface area (Å²) in [7, 11) is 0. The monoisotopic (exact) mass is 333 g/mol. The molecule has 1 atom stereocenters. The van der Waals surface area contributed by atoms with Crippen LogP contribution in [0.2, 0.25) is 0 Å². The van der Waals surface area contributed by atoms with Gasteiger partial charge in [-0.05, 0) is 54.0 Å². The lowest BCUT2D eigenvalue weighted by Gasteiger charge is -2.28. The van der Waals surface area contributed by atoms with Crippen molar-refractivity contribution < 1.29 is 9.84 Å². The summed E-state index contributed by atoms with van der Waals surface area (Å²) in [6, 6.07) is 6.49. The Balaban J connectivity index is 2.08. The Labute approximate surface area is 148 Å². The second-order valence-electron chi connectivity index (χ2n) is 9.18. The Hall–Kier alpha value is -1.06. The van der Waals surface area contributed by atoms with Crippen LogP contribution in [0.1, 0.15) is 65.5 Å². The Morgan fingerprint density at radius 3 is 2.21 bits per heavy atom. The second kappa shape index (κ2) is 7.45. The van der Waals surface area contributed by atoms with E-state index in [9.17, 15) is 5.11 Å². The standard InChI is InChI=1S/C21H35NO2/c1-20(2,3)16-9-10-19(18(13-16)21(4,5)6)24-15-17(23)14-22-11-7-8-12-22/h9-10,13,17,23H,7-8,11-12,14-15H2,1-6H3. The van der Waals surface area contributed by atoms with E-state index in [1.165, 1.54) is 24.0 Å².